The predicted molar refractivity (Wildman–Crippen MR) is 99.9 cm³/mol. The average molecular weight is 349 g/mol. The normalized spacial score (nSPS) is 10.5. The fourth-order valence-electron chi connectivity index (χ4n) is 2.50. The van der Waals surface area contributed by atoms with Crippen molar-refractivity contribution >= 4 is 11.5 Å². The van der Waals surface area contributed by atoms with Gasteiger partial charge in [0.25, 0.3) is 5.69 Å². The molecule has 0 saturated heterocycles. The van der Waals surface area contributed by atoms with Crippen LogP contribution in [0, 0.1) is 10.1 Å². The van der Waals surface area contributed by atoms with Gasteiger partial charge in [0, 0.05) is 54.3 Å². The van der Waals surface area contributed by atoms with Crippen molar-refractivity contribution in [2.24, 2.45) is 0 Å². The van der Waals surface area contributed by atoms with Crippen LogP contribution in [0.5, 0.6) is 0 Å². The molecule has 0 fully saturated rings. The van der Waals surface area contributed by atoms with Crippen LogP contribution in [0.25, 0.3) is 11.4 Å². The number of pyridine rings is 1. The van der Waals surface area contributed by atoms with Crippen molar-refractivity contribution in [1.82, 2.24) is 15.0 Å². The molecule has 2 aromatic heterocycles. The van der Waals surface area contributed by atoms with Crippen molar-refractivity contribution in [2.45, 2.75) is 19.8 Å². The Kier molecular flexibility index (Phi) is 5.48. The van der Waals surface area contributed by atoms with E-state index in [1.165, 1.54) is 12.1 Å². The zero-order valence-electron chi connectivity index (χ0n) is 14.4. The number of rotatable bonds is 7. The van der Waals surface area contributed by atoms with Gasteiger partial charge < -0.3 is 5.32 Å². The highest BCUT2D eigenvalue weighted by atomic mass is 16.6. The van der Waals surface area contributed by atoms with Gasteiger partial charge in [-0.3, -0.25) is 15.1 Å². The second-order valence-electron chi connectivity index (χ2n) is 5.72. The van der Waals surface area contributed by atoms with Gasteiger partial charge >= 0.3 is 0 Å². The van der Waals surface area contributed by atoms with E-state index in [9.17, 15) is 10.1 Å². The lowest BCUT2D eigenvalue weighted by Gasteiger charge is -2.09. The molecule has 3 aromatic rings. The number of hydrogen-bond acceptors (Lipinski definition) is 6. The highest BCUT2D eigenvalue weighted by molar-refractivity contribution is 5.59. The molecule has 7 nitrogen and oxygen atoms in total. The molecule has 26 heavy (non-hydrogen) atoms. The van der Waals surface area contributed by atoms with Gasteiger partial charge in [-0.15, -0.1) is 0 Å². The minimum Gasteiger partial charge on any atom is -0.370 e. The topological polar surface area (TPSA) is 93.8 Å². The zero-order chi connectivity index (χ0) is 18.4. The van der Waals surface area contributed by atoms with Crippen molar-refractivity contribution in [3.8, 4) is 11.4 Å². The molecule has 1 N–H and O–H groups in total. The van der Waals surface area contributed by atoms with E-state index in [0.717, 1.165) is 35.6 Å². The van der Waals surface area contributed by atoms with E-state index in [2.05, 4.69) is 20.3 Å². The third kappa shape index (κ3) is 4.38. The van der Waals surface area contributed by atoms with Crippen LogP contribution in [0.15, 0.2) is 54.7 Å². The number of nitrogens with one attached hydrogen (secondary N) is 1. The van der Waals surface area contributed by atoms with Crippen LogP contribution in [0.3, 0.4) is 0 Å². The van der Waals surface area contributed by atoms with Crippen LogP contribution in [-0.2, 0) is 12.8 Å². The molecular weight excluding hydrogens is 330 g/mol. The van der Waals surface area contributed by atoms with Gasteiger partial charge in [0.15, 0.2) is 5.82 Å². The zero-order valence-corrected chi connectivity index (χ0v) is 14.4. The average Bonchev–Trinajstić information content (AvgIpc) is 2.68. The second-order valence-corrected chi connectivity index (χ2v) is 5.72. The Morgan fingerprint density at radius 3 is 2.54 bits per heavy atom. The first-order valence-corrected chi connectivity index (χ1v) is 8.42. The number of aromatic nitrogens is 3. The number of nitrogens with zero attached hydrogens (tertiary/aromatic N) is 4. The fraction of sp³-hybridized carbons (Fsp3) is 0.211. The van der Waals surface area contributed by atoms with Gasteiger partial charge in [-0.1, -0.05) is 13.0 Å². The summed E-state index contributed by atoms with van der Waals surface area (Å²) >= 11 is 0. The number of hydrogen-bond donors (Lipinski definition) is 1. The summed E-state index contributed by atoms with van der Waals surface area (Å²) in [6.45, 7) is 2.73. The standard InChI is InChI=1S/C19H19N5O2/c1-2-15-13-18(21-12-10-16-5-3-4-11-20-16)23-19(22-15)14-6-8-17(9-7-14)24(25)26/h3-9,11,13H,2,10,12H2,1H3,(H,21,22,23). The van der Waals surface area contributed by atoms with Crippen molar-refractivity contribution in [2.75, 3.05) is 11.9 Å². The Balaban J connectivity index is 1.76. The lowest BCUT2D eigenvalue weighted by atomic mass is 10.2. The van der Waals surface area contributed by atoms with Crippen molar-refractivity contribution < 1.29 is 4.92 Å². The first kappa shape index (κ1) is 17.5. The Morgan fingerprint density at radius 2 is 1.88 bits per heavy atom. The molecule has 0 aliphatic heterocycles. The smallest absolute Gasteiger partial charge is 0.269 e. The number of nitro benzene ring substituents is 1. The minimum absolute atomic E-state index is 0.0501. The molecule has 2 heterocycles. The van der Waals surface area contributed by atoms with Crippen LogP contribution >= 0.6 is 0 Å². The quantitative estimate of drug-likeness (QED) is 0.517. The van der Waals surface area contributed by atoms with E-state index < -0.39 is 4.92 Å². The summed E-state index contributed by atoms with van der Waals surface area (Å²) in [4.78, 5) is 23.8. The number of benzene rings is 1. The highest BCUT2D eigenvalue weighted by Crippen LogP contribution is 2.21. The van der Waals surface area contributed by atoms with E-state index in [4.69, 9.17) is 0 Å². The lowest BCUT2D eigenvalue weighted by molar-refractivity contribution is -0.384. The first-order valence-electron chi connectivity index (χ1n) is 8.42. The van der Waals surface area contributed by atoms with Crippen molar-refractivity contribution in [3.05, 3.63) is 76.2 Å². The molecule has 0 spiro atoms. The molecular formula is C19H19N5O2. The molecule has 0 atom stereocenters. The third-order valence-electron chi connectivity index (χ3n) is 3.89. The van der Waals surface area contributed by atoms with Crippen molar-refractivity contribution in [3.63, 3.8) is 0 Å². The number of nitro groups is 1. The molecule has 3 rings (SSSR count). The van der Waals surface area contributed by atoms with Gasteiger partial charge in [0.2, 0.25) is 0 Å². The monoisotopic (exact) mass is 349 g/mol. The molecule has 0 saturated carbocycles. The summed E-state index contributed by atoms with van der Waals surface area (Å²) in [5.41, 5.74) is 2.72. The van der Waals surface area contributed by atoms with Gasteiger partial charge in [0.05, 0.1) is 4.92 Å². The molecule has 0 radical (unpaired) electrons. The summed E-state index contributed by atoms with van der Waals surface area (Å²) in [5, 5.41) is 14.1. The molecule has 0 unspecified atom stereocenters. The summed E-state index contributed by atoms with van der Waals surface area (Å²) in [6.07, 6.45) is 3.35. The fourth-order valence-corrected chi connectivity index (χ4v) is 2.50. The van der Waals surface area contributed by atoms with Crippen LogP contribution < -0.4 is 5.32 Å². The van der Waals surface area contributed by atoms with Crippen molar-refractivity contribution in [1.29, 1.82) is 0 Å². The largest absolute Gasteiger partial charge is 0.370 e. The van der Waals surface area contributed by atoms with Crippen LogP contribution in [0.2, 0.25) is 0 Å². The summed E-state index contributed by atoms with van der Waals surface area (Å²) in [6, 6.07) is 14.0. The van der Waals surface area contributed by atoms with E-state index >= 15 is 0 Å². The minimum atomic E-state index is -0.419. The Morgan fingerprint density at radius 1 is 1.08 bits per heavy atom. The molecule has 0 amide bonds. The van der Waals surface area contributed by atoms with Crippen LogP contribution in [0.4, 0.5) is 11.5 Å². The molecule has 132 valence electrons. The predicted octanol–water partition coefficient (Wildman–Crippen LogP) is 3.66. The Hall–Kier alpha value is -3.35. The van der Waals surface area contributed by atoms with Gasteiger partial charge in [0.1, 0.15) is 5.82 Å². The Bertz CT molecular complexity index is 882. The second kappa shape index (κ2) is 8.15. The molecule has 1 aromatic carbocycles. The van der Waals surface area contributed by atoms with Crippen LogP contribution in [-0.4, -0.2) is 26.4 Å². The van der Waals surface area contributed by atoms with Gasteiger partial charge in [-0.25, -0.2) is 9.97 Å². The molecule has 0 bridgehead atoms. The molecule has 0 aliphatic rings. The number of non-ortho nitro benzene ring substituents is 1. The lowest BCUT2D eigenvalue weighted by Crippen LogP contribution is -2.09. The number of anilines is 1. The first-order chi connectivity index (χ1) is 12.7. The maximum atomic E-state index is 10.8. The maximum Gasteiger partial charge on any atom is 0.269 e. The third-order valence-corrected chi connectivity index (χ3v) is 3.89. The molecule has 7 heteroatoms. The Labute approximate surface area is 151 Å². The van der Waals surface area contributed by atoms with E-state index in [1.807, 2.05) is 31.2 Å². The summed E-state index contributed by atoms with van der Waals surface area (Å²) in [7, 11) is 0. The molecule has 0 aliphatic carbocycles. The van der Waals surface area contributed by atoms with E-state index in [1.54, 1.807) is 18.3 Å². The highest BCUT2D eigenvalue weighted by Gasteiger charge is 2.09. The van der Waals surface area contributed by atoms with Gasteiger partial charge in [-0.2, -0.15) is 0 Å². The van der Waals surface area contributed by atoms with E-state index in [-0.39, 0.29) is 5.69 Å². The van der Waals surface area contributed by atoms with Gasteiger partial charge in [-0.05, 0) is 30.7 Å². The number of aryl methyl sites for hydroxylation is 1. The van der Waals surface area contributed by atoms with Crippen LogP contribution in [0.1, 0.15) is 18.3 Å². The maximum absolute atomic E-state index is 10.8. The van der Waals surface area contributed by atoms with E-state index in [0.29, 0.717) is 12.4 Å². The summed E-state index contributed by atoms with van der Waals surface area (Å²) < 4.78 is 0. The SMILES string of the molecule is CCc1cc(NCCc2ccccn2)nc(-c2ccc([N+](=O)[O-])cc2)n1. The summed E-state index contributed by atoms with van der Waals surface area (Å²) in [5.74, 6) is 1.29.